The van der Waals surface area contributed by atoms with E-state index in [2.05, 4.69) is 10.3 Å². The number of halogens is 1. The first kappa shape index (κ1) is 12.8. The van der Waals surface area contributed by atoms with Gasteiger partial charge in [-0.05, 0) is 12.1 Å². The van der Waals surface area contributed by atoms with Crippen LogP contribution >= 0.6 is 11.6 Å². The molecule has 0 amide bonds. The molecule has 2 heterocycles. The Morgan fingerprint density at radius 1 is 1.45 bits per heavy atom. The van der Waals surface area contributed by atoms with E-state index < -0.39 is 0 Å². The van der Waals surface area contributed by atoms with E-state index in [0.717, 1.165) is 5.39 Å². The van der Waals surface area contributed by atoms with Crippen LogP contribution in [-0.2, 0) is 6.54 Å². The zero-order chi connectivity index (χ0) is 14.1. The van der Waals surface area contributed by atoms with Crippen molar-refractivity contribution in [2.45, 2.75) is 6.54 Å². The molecule has 3 aromatic rings. The van der Waals surface area contributed by atoms with Gasteiger partial charge in [-0.15, -0.1) is 5.10 Å². The maximum Gasteiger partial charge on any atom is 0.250 e. The summed E-state index contributed by atoms with van der Waals surface area (Å²) in [6.45, 7) is 0.934. The van der Waals surface area contributed by atoms with E-state index in [9.17, 15) is 4.79 Å². The fourth-order valence-electron chi connectivity index (χ4n) is 1.91. The van der Waals surface area contributed by atoms with Gasteiger partial charge in [-0.25, -0.2) is 0 Å². The summed E-state index contributed by atoms with van der Waals surface area (Å²) in [4.78, 5) is 12.3. The van der Waals surface area contributed by atoms with Crippen molar-refractivity contribution in [3.05, 3.63) is 46.9 Å². The van der Waals surface area contributed by atoms with E-state index in [0.29, 0.717) is 23.7 Å². The Bertz CT molecular complexity index is 778. The topological polar surface area (TPSA) is 86.9 Å². The largest absolute Gasteiger partial charge is 0.451 e. The van der Waals surface area contributed by atoms with Gasteiger partial charge in [-0.2, -0.15) is 0 Å². The fraction of sp³-hybridized carbons (Fsp3) is 0.154. The molecule has 0 spiro atoms. The molecule has 0 saturated heterocycles. The Labute approximate surface area is 119 Å². The van der Waals surface area contributed by atoms with Crippen LogP contribution in [0.5, 0.6) is 0 Å². The van der Waals surface area contributed by atoms with Gasteiger partial charge >= 0.3 is 0 Å². The first-order valence-electron chi connectivity index (χ1n) is 6.02. The van der Waals surface area contributed by atoms with Crippen molar-refractivity contribution >= 4 is 28.4 Å². The molecule has 1 aromatic carbocycles. The lowest BCUT2D eigenvalue weighted by Crippen LogP contribution is -2.10. The normalized spacial score (nSPS) is 11.1. The van der Waals surface area contributed by atoms with Crippen molar-refractivity contribution in [2.24, 2.45) is 5.73 Å². The minimum Gasteiger partial charge on any atom is -0.451 e. The molecule has 3 rings (SSSR count). The number of carbonyl (C=O) groups is 1. The van der Waals surface area contributed by atoms with Gasteiger partial charge in [0, 0.05) is 11.9 Å². The Morgan fingerprint density at radius 3 is 3.05 bits per heavy atom. The standard InChI is InChI=1S/C13H11ClN4O2/c14-9-3-1-2-8-6-11(20-13(8)9)12(19)10-7-18(5-4-15)17-16-10/h1-3,6-7H,4-5,15H2. The minimum absolute atomic E-state index is 0.188. The third-order valence-corrected chi connectivity index (χ3v) is 3.15. The summed E-state index contributed by atoms with van der Waals surface area (Å²) in [6.07, 6.45) is 1.55. The van der Waals surface area contributed by atoms with Crippen LogP contribution in [0, 0.1) is 0 Å². The summed E-state index contributed by atoms with van der Waals surface area (Å²) >= 11 is 6.02. The van der Waals surface area contributed by atoms with Crippen LogP contribution in [0.15, 0.2) is 34.9 Å². The molecule has 0 fully saturated rings. The molecule has 0 aliphatic rings. The SMILES string of the molecule is NCCn1cc(C(=O)c2cc3cccc(Cl)c3o2)nn1. The lowest BCUT2D eigenvalue weighted by Gasteiger charge is -1.93. The predicted molar refractivity (Wildman–Crippen MR) is 73.7 cm³/mol. The van der Waals surface area contributed by atoms with Crippen LogP contribution in [-0.4, -0.2) is 27.3 Å². The summed E-state index contributed by atoms with van der Waals surface area (Å²) in [5.41, 5.74) is 6.13. The van der Waals surface area contributed by atoms with Crippen molar-refractivity contribution in [1.82, 2.24) is 15.0 Å². The number of para-hydroxylation sites is 1. The summed E-state index contributed by atoms with van der Waals surface area (Å²) in [5.74, 6) is -0.145. The average molecular weight is 291 g/mol. The minimum atomic E-state index is -0.333. The molecule has 0 bridgehead atoms. The maximum atomic E-state index is 12.3. The number of furan rings is 1. The van der Waals surface area contributed by atoms with Crippen molar-refractivity contribution in [3.63, 3.8) is 0 Å². The predicted octanol–water partition coefficient (Wildman–Crippen LogP) is 1.87. The van der Waals surface area contributed by atoms with E-state index in [1.165, 1.54) is 4.68 Å². The lowest BCUT2D eigenvalue weighted by atomic mass is 10.2. The van der Waals surface area contributed by atoms with E-state index in [4.69, 9.17) is 21.8 Å². The molecular weight excluding hydrogens is 280 g/mol. The first-order valence-corrected chi connectivity index (χ1v) is 6.40. The molecule has 102 valence electrons. The summed E-state index contributed by atoms with van der Waals surface area (Å²) in [6, 6.07) is 6.98. The highest BCUT2D eigenvalue weighted by Crippen LogP contribution is 2.27. The van der Waals surface area contributed by atoms with E-state index in [1.807, 2.05) is 6.07 Å². The molecule has 6 nitrogen and oxygen atoms in total. The number of aromatic nitrogens is 3. The van der Waals surface area contributed by atoms with E-state index in [1.54, 1.807) is 24.4 Å². The van der Waals surface area contributed by atoms with Crippen LogP contribution < -0.4 is 5.73 Å². The van der Waals surface area contributed by atoms with Crippen LogP contribution in [0.1, 0.15) is 16.2 Å². The first-order chi connectivity index (χ1) is 9.69. The Balaban J connectivity index is 1.97. The summed E-state index contributed by atoms with van der Waals surface area (Å²) in [5, 5.41) is 8.88. The van der Waals surface area contributed by atoms with Gasteiger partial charge in [0.25, 0.3) is 0 Å². The third kappa shape index (κ3) is 2.19. The van der Waals surface area contributed by atoms with Gasteiger partial charge in [0.05, 0.1) is 17.8 Å². The molecule has 0 atom stereocenters. The average Bonchev–Trinajstić information content (AvgIpc) is 3.05. The van der Waals surface area contributed by atoms with Gasteiger partial charge in [0.2, 0.25) is 5.78 Å². The molecule has 7 heteroatoms. The Morgan fingerprint density at radius 2 is 2.30 bits per heavy atom. The zero-order valence-corrected chi connectivity index (χ0v) is 11.2. The highest BCUT2D eigenvalue weighted by molar-refractivity contribution is 6.35. The van der Waals surface area contributed by atoms with Gasteiger partial charge in [0.1, 0.15) is 0 Å². The second-order valence-electron chi connectivity index (χ2n) is 4.25. The van der Waals surface area contributed by atoms with Gasteiger partial charge in [0.15, 0.2) is 17.0 Å². The number of ketones is 1. The summed E-state index contributed by atoms with van der Waals surface area (Å²) < 4.78 is 7.02. The molecule has 20 heavy (non-hydrogen) atoms. The smallest absolute Gasteiger partial charge is 0.250 e. The van der Waals surface area contributed by atoms with Crippen LogP contribution in [0.25, 0.3) is 11.0 Å². The number of carbonyl (C=O) groups excluding carboxylic acids is 1. The van der Waals surface area contributed by atoms with Crippen LogP contribution in [0.2, 0.25) is 5.02 Å². The monoisotopic (exact) mass is 290 g/mol. The number of hydrogen-bond donors (Lipinski definition) is 1. The van der Waals surface area contributed by atoms with Gasteiger partial charge < -0.3 is 10.2 Å². The maximum absolute atomic E-state index is 12.3. The second kappa shape index (κ2) is 5.07. The fourth-order valence-corrected chi connectivity index (χ4v) is 2.13. The highest BCUT2D eigenvalue weighted by Gasteiger charge is 2.18. The molecule has 0 saturated carbocycles. The van der Waals surface area contributed by atoms with Crippen LogP contribution in [0.4, 0.5) is 0 Å². The molecular formula is C13H11ClN4O2. The molecule has 2 N–H and O–H groups in total. The van der Waals surface area contributed by atoms with Crippen molar-refractivity contribution in [2.75, 3.05) is 6.54 Å². The van der Waals surface area contributed by atoms with E-state index in [-0.39, 0.29) is 17.2 Å². The zero-order valence-electron chi connectivity index (χ0n) is 10.4. The molecule has 0 aliphatic heterocycles. The van der Waals surface area contributed by atoms with Crippen LogP contribution in [0.3, 0.4) is 0 Å². The number of rotatable bonds is 4. The third-order valence-electron chi connectivity index (χ3n) is 2.85. The van der Waals surface area contributed by atoms with E-state index >= 15 is 0 Å². The second-order valence-corrected chi connectivity index (χ2v) is 4.66. The molecule has 0 radical (unpaired) electrons. The van der Waals surface area contributed by atoms with Gasteiger partial charge in [-0.1, -0.05) is 28.9 Å². The Hall–Kier alpha value is -2.18. The van der Waals surface area contributed by atoms with Crippen molar-refractivity contribution < 1.29 is 9.21 Å². The van der Waals surface area contributed by atoms with Crippen molar-refractivity contribution in [1.29, 1.82) is 0 Å². The number of nitrogens with zero attached hydrogens (tertiary/aromatic N) is 3. The number of benzene rings is 1. The summed E-state index contributed by atoms with van der Waals surface area (Å²) in [7, 11) is 0. The van der Waals surface area contributed by atoms with Gasteiger partial charge in [-0.3, -0.25) is 9.48 Å². The number of nitrogens with two attached hydrogens (primary N) is 1. The number of hydrogen-bond acceptors (Lipinski definition) is 5. The number of fused-ring (bicyclic) bond motifs is 1. The van der Waals surface area contributed by atoms with Crippen molar-refractivity contribution in [3.8, 4) is 0 Å². The highest BCUT2D eigenvalue weighted by atomic mass is 35.5. The molecule has 0 aliphatic carbocycles. The lowest BCUT2D eigenvalue weighted by molar-refractivity contribution is 0.101. The molecule has 2 aromatic heterocycles. The molecule has 0 unspecified atom stereocenters. The quantitative estimate of drug-likeness (QED) is 0.741. The Kier molecular flexibility index (Phi) is 3.25.